The average molecular weight is 1350 g/mol. The van der Waals surface area contributed by atoms with E-state index in [9.17, 15) is 19.8 Å². The number of hydrogen-bond acceptors (Lipinski definition) is 5. The van der Waals surface area contributed by atoms with Gasteiger partial charge in [0.25, 0.3) is 0 Å². The van der Waals surface area contributed by atoms with Crippen LogP contribution in [-0.4, -0.2) is 47.4 Å². The van der Waals surface area contributed by atoms with Crippen molar-refractivity contribution in [3.8, 4) is 0 Å². The number of carbonyl (C=O) groups excluding carboxylic acids is 2. The van der Waals surface area contributed by atoms with Crippen LogP contribution in [0.5, 0.6) is 0 Å². The summed E-state index contributed by atoms with van der Waals surface area (Å²) in [6.45, 7) is 5.01. The second-order valence-corrected chi connectivity index (χ2v) is 30.9. The van der Waals surface area contributed by atoms with Crippen molar-refractivity contribution in [1.29, 1.82) is 0 Å². The average Bonchev–Trinajstić information content (AvgIpc) is 3.69. The van der Waals surface area contributed by atoms with E-state index in [0.29, 0.717) is 25.9 Å². The summed E-state index contributed by atoms with van der Waals surface area (Å²) in [6, 6.07) is -0.540. The number of nitrogens with one attached hydrogen (secondary N) is 1. The number of allylic oxidation sites excluding steroid dienone is 4. The first-order chi connectivity index (χ1) is 47.5. The summed E-state index contributed by atoms with van der Waals surface area (Å²) in [5, 5.41) is 23.5. The highest BCUT2D eigenvalue weighted by Gasteiger charge is 2.20. The number of aliphatic hydroxyl groups excluding tert-OH is 2. The summed E-state index contributed by atoms with van der Waals surface area (Å²) >= 11 is 0. The van der Waals surface area contributed by atoms with Crippen molar-refractivity contribution in [1.82, 2.24) is 5.32 Å². The predicted octanol–water partition coefficient (Wildman–Crippen LogP) is 29.9. The van der Waals surface area contributed by atoms with Gasteiger partial charge in [-0.2, -0.15) is 0 Å². The Labute approximate surface area is 602 Å². The van der Waals surface area contributed by atoms with Gasteiger partial charge >= 0.3 is 5.97 Å². The molecule has 0 spiro atoms. The molecule has 1 amide bonds. The van der Waals surface area contributed by atoms with Crippen molar-refractivity contribution >= 4 is 11.9 Å². The Morgan fingerprint density at radius 2 is 0.490 bits per heavy atom. The van der Waals surface area contributed by atoms with E-state index in [4.69, 9.17) is 4.74 Å². The number of amides is 1. The molecule has 0 heterocycles. The molecule has 0 saturated heterocycles. The number of carbonyl (C=O) groups is 2. The molecule has 0 aromatic carbocycles. The van der Waals surface area contributed by atoms with Gasteiger partial charge < -0.3 is 20.3 Å². The van der Waals surface area contributed by atoms with Gasteiger partial charge in [0.2, 0.25) is 5.91 Å². The largest absolute Gasteiger partial charge is 0.466 e. The van der Waals surface area contributed by atoms with Crippen molar-refractivity contribution in [2.24, 2.45) is 0 Å². The molecule has 2 atom stereocenters. The summed E-state index contributed by atoms with van der Waals surface area (Å²) in [7, 11) is 0. The zero-order chi connectivity index (χ0) is 69.1. The highest BCUT2D eigenvalue weighted by molar-refractivity contribution is 5.76. The molecule has 0 aromatic heterocycles. The normalized spacial score (nSPS) is 12.5. The first-order valence-corrected chi connectivity index (χ1v) is 44.6. The maximum absolute atomic E-state index is 12.6. The van der Waals surface area contributed by atoms with Crippen molar-refractivity contribution in [3.63, 3.8) is 0 Å². The smallest absolute Gasteiger partial charge is 0.305 e. The lowest BCUT2D eigenvalue weighted by molar-refractivity contribution is -0.143. The van der Waals surface area contributed by atoms with Crippen LogP contribution >= 0.6 is 0 Å². The number of aliphatic hydroxyl groups is 2. The van der Waals surface area contributed by atoms with E-state index in [-0.39, 0.29) is 18.5 Å². The molecular formula is C90H175NO5. The van der Waals surface area contributed by atoms with Crippen molar-refractivity contribution < 1.29 is 24.5 Å². The second-order valence-electron chi connectivity index (χ2n) is 30.9. The zero-order valence-corrected chi connectivity index (χ0v) is 65.7. The molecule has 0 rings (SSSR count). The van der Waals surface area contributed by atoms with E-state index in [1.54, 1.807) is 0 Å². The first-order valence-electron chi connectivity index (χ1n) is 44.6. The van der Waals surface area contributed by atoms with E-state index in [2.05, 4.69) is 43.5 Å². The fourth-order valence-corrected chi connectivity index (χ4v) is 14.5. The summed E-state index contributed by atoms with van der Waals surface area (Å²) in [6.07, 6.45) is 112. The molecule has 2 unspecified atom stereocenters. The third-order valence-corrected chi connectivity index (χ3v) is 21.2. The minimum Gasteiger partial charge on any atom is -0.466 e. The molecule has 0 radical (unpaired) electrons. The second kappa shape index (κ2) is 85.8. The van der Waals surface area contributed by atoms with Crippen LogP contribution in [-0.2, 0) is 14.3 Å². The van der Waals surface area contributed by atoms with Gasteiger partial charge in [-0.15, -0.1) is 0 Å². The summed E-state index contributed by atoms with van der Waals surface area (Å²) < 4.78 is 5.52. The quantitative estimate of drug-likeness (QED) is 0.0320. The predicted molar refractivity (Wildman–Crippen MR) is 426 cm³/mol. The fraction of sp³-hybridized carbons (Fsp3) is 0.933. The van der Waals surface area contributed by atoms with Crippen LogP contribution in [0.4, 0.5) is 0 Å². The summed E-state index contributed by atoms with van der Waals surface area (Å²) in [4.78, 5) is 24.7. The molecular weight excluding hydrogens is 1170 g/mol. The summed E-state index contributed by atoms with van der Waals surface area (Å²) in [5.41, 5.74) is 0. The molecule has 0 fully saturated rings. The Balaban J connectivity index is 3.32. The first kappa shape index (κ1) is 94.3. The topological polar surface area (TPSA) is 95.9 Å². The van der Waals surface area contributed by atoms with Crippen LogP contribution in [0.3, 0.4) is 0 Å². The van der Waals surface area contributed by atoms with Gasteiger partial charge in [0.15, 0.2) is 0 Å². The van der Waals surface area contributed by atoms with Crippen LogP contribution in [0, 0.1) is 0 Å². The lowest BCUT2D eigenvalue weighted by Crippen LogP contribution is -2.45. The zero-order valence-electron chi connectivity index (χ0n) is 65.7. The van der Waals surface area contributed by atoms with Gasteiger partial charge in [-0.25, -0.2) is 0 Å². The monoisotopic (exact) mass is 1350 g/mol. The van der Waals surface area contributed by atoms with E-state index in [0.717, 1.165) is 38.5 Å². The Kier molecular flexibility index (Phi) is 84.3. The van der Waals surface area contributed by atoms with Crippen LogP contribution in [0.2, 0.25) is 0 Å². The Morgan fingerprint density at radius 1 is 0.281 bits per heavy atom. The van der Waals surface area contributed by atoms with Crippen LogP contribution in [0.25, 0.3) is 0 Å². The van der Waals surface area contributed by atoms with Gasteiger partial charge in [0.1, 0.15) is 0 Å². The molecule has 6 heteroatoms. The van der Waals surface area contributed by atoms with E-state index in [1.807, 2.05) is 0 Å². The van der Waals surface area contributed by atoms with E-state index < -0.39 is 12.1 Å². The van der Waals surface area contributed by atoms with Crippen LogP contribution < -0.4 is 5.32 Å². The number of ether oxygens (including phenoxy) is 1. The lowest BCUT2D eigenvalue weighted by Gasteiger charge is -2.22. The molecule has 96 heavy (non-hydrogen) atoms. The number of unbranched alkanes of at least 4 members (excludes halogenated alkanes) is 70. The minimum absolute atomic E-state index is 0.0224. The van der Waals surface area contributed by atoms with E-state index in [1.165, 1.54) is 443 Å². The molecule has 0 bridgehead atoms. The van der Waals surface area contributed by atoms with Gasteiger partial charge in [0, 0.05) is 12.8 Å². The maximum Gasteiger partial charge on any atom is 0.305 e. The Hall–Kier alpha value is -1.66. The molecule has 0 aliphatic heterocycles. The van der Waals surface area contributed by atoms with Crippen LogP contribution in [0.1, 0.15) is 515 Å². The SMILES string of the molecule is CCCCCCCC/C=C\CCCCCCCCCCCC(=O)OCCCCCCCCCCCCCCCCCC/C=C\CCCCCCCCCCCCCCCCCCCC(=O)NC(CO)C(O)CCCCCCCCCCCCCCCCCCCCCCCCC. The van der Waals surface area contributed by atoms with Gasteiger partial charge in [0.05, 0.1) is 25.4 Å². The van der Waals surface area contributed by atoms with Crippen molar-refractivity contribution in [2.45, 2.75) is 527 Å². The molecule has 0 aliphatic carbocycles. The van der Waals surface area contributed by atoms with Crippen molar-refractivity contribution in [2.75, 3.05) is 13.2 Å². The molecule has 6 nitrogen and oxygen atoms in total. The Morgan fingerprint density at radius 3 is 0.740 bits per heavy atom. The number of hydrogen-bond donors (Lipinski definition) is 3. The van der Waals surface area contributed by atoms with Crippen molar-refractivity contribution in [3.05, 3.63) is 24.3 Å². The van der Waals surface area contributed by atoms with Crippen LogP contribution in [0.15, 0.2) is 24.3 Å². The van der Waals surface area contributed by atoms with Gasteiger partial charge in [-0.3, -0.25) is 9.59 Å². The molecule has 3 N–H and O–H groups in total. The lowest BCUT2D eigenvalue weighted by atomic mass is 10.0. The third kappa shape index (κ3) is 81.3. The van der Waals surface area contributed by atoms with Gasteiger partial charge in [-0.1, -0.05) is 449 Å². The maximum atomic E-state index is 12.6. The highest BCUT2D eigenvalue weighted by atomic mass is 16.5. The van der Waals surface area contributed by atoms with Gasteiger partial charge in [-0.05, 0) is 77.0 Å². The minimum atomic E-state index is -0.663. The number of rotatable bonds is 85. The number of esters is 1. The molecule has 0 aliphatic rings. The molecule has 570 valence electrons. The fourth-order valence-electron chi connectivity index (χ4n) is 14.5. The Bertz CT molecular complexity index is 1510. The molecule has 0 saturated carbocycles. The standard InChI is InChI=1S/C90H175NO5/c1-3-5-7-9-11-13-15-17-19-21-23-24-40-43-47-50-54-58-62-66-70-74-78-82-88(93)87(86-92)91-89(94)83-79-75-71-67-63-59-55-51-48-44-41-38-36-34-32-30-28-26-25-27-29-31-33-35-37-39-42-45-49-53-57-61-65-69-73-77-81-85-96-90(95)84-80-76-72-68-64-60-56-52-46-22-20-18-16-14-12-10-8-6-4-2/h18,20,25,27,87-88,92-93H,3-17,19,21-24,26,28-86H2,1-2H3,(H,91,94)/b20-18-,27-25-. The third-order valence-electron chi connectivity index (χ3n) is 21.2. The molecule has 0 aromatic rings. The van der Waals surface area contributed by atoms with E-state index >= 15 is 0 Å². The highest BCUT2D eigenvalue weighted by Crippen LogP contribution is 2.21. The summed E-state index contributed by atoms with van der Waals surface area (Å²) in [5.74, 6) is -0.00231.